The van der Waals surface area contributed by atoms with Crippen molar-refractivity contribution in [1.29, 1.82) is 0 Å². The van der Waals surface area contributed by atoms with E-state index in [-0.39, 0.29) is 0 Å². The Bertz CT molecular complexity index is 649. The van der Waals surface area contributed by atoms with Gasteiger partial charge in [-0.15, -0.1) is 0 Å². The van der Waals surface area contributed by atoms with E-state index in [4.69, 9.17) is 0 Å². The van der Waals surface area contributed by atoms with Crippen LogP contribution in [0.5, 0.6) is 0 Å². The van der Waals surface area contributed by atoms with Gasteiger partial charge in [0.25, 0.3) is 0 Å². The predicted octanol–water partition coefficient (Wildman–Crippen LogP) is 1.48. The largest absolute Gasteiger partial charge is 0.271 e. The van der Waals surface area contributed by atoms with Gasteiger partial charge in [-0.1, -0.05) is 12.1 Å². The van der Waals surface area contributed by atoms with Crippen LogP contribution in [0.15, 0.2) is 41.6 Å². The van der Waals surface area contributed by atoms with Crippen LogP contribution >= 0.6 is 0 Å². The minimum absolute atomic E-state index is 0.317. The minimum Gasteiger partial charge on any atom is -0.271 e. The van der Waals surface area contributed by atoms with Gasteiger partial charge in [-0.25, -0.2) is 13.1 Å². The van der Waals surface area contributed by atoms with E-state index in [1.165, 1.54) is 0 Å². The predicted molar refractivity (Wildman–Crippen MR) is 73.3 cm³/mol. The summed E-state index contributed by atoms with van der Waals surface area (Å²) in [5.74, 6) is 0. The van der Waals surface area contributed by atoms with Gasteiger partial charge < -0.3 is 0 Å². The molecule has 0 saturated heterocycles. The third-order valence-electron chi connectivity index (χ3n) is 2.83. The summed E-state index contributed by atoms with van der Waals surface area (Å²) in [5, 5.41) is 4.02. The van der Waals surface area contributed by atoms with Crippen LogP contribution in [0.2, 0.25) is 0 Å². The van der Waals surface area contributed by atoms with Crippen LogP contribution in [0.4, 0.5) is 0 Å². The summed E-state index contributed by atoms with van der Waals surface area (Å²) in [7, 11) is -3.46. The van der Waals surface area contributed by atoms with E-state index < -0.39 is 10.0 Å². The van der Waals surface area contributed by atoms with Gasteiger partial charge in [0.2, 0.25) is 10.0 Å². The first-order valence-corrected chi connectivity index (χ1v) is 7.52. The SMILES string of the molecule is Cc1ccc(C)c(S(=O)(=O)NCCn2cccn2)c1. The Hall–Kier alpha value is -1.66. The highest BCUT2D eigenvalue weighted by Gasteiger charge is 2.16. The van der Waals surface area contributed by atoms with Crippen molar-refractivity contribution >= 4 is 10.0 Å². The number of hydrogen-bond acceptors (Lipinski definition) is 3. The van der Waals surface area contributed by atoms with E-state index >= 15 is 0 Å². The zero-order chi connectivity index (χ0) is 13.9. The summed E-state index contributed by atoms with van der Waals surface area (Å²) in [4.78, 5) is 0.341. The molecule has 0 aliphatic rings. The number of rotatable bonds is 5. The van der Waals surface area contributed by atoms with Crippen LogP contribution in [0.3, 0.4) is 0 Å². The van der Waals surface area contributed by atoms with E-state index in [1.807, 2.05) is 19.1 Å². The first kappa shape index (κ1) is 13.8. The number of nitrogens with zero attached hydrogens (tertiary/aromatic N) is 2. The molecule has 0 saturated carbocycles. The molecule has 2 aromatic rings. The first-order valence-electron chi connectivity index (χ1n) is 6.03. The Balaban J connectivity index is 2.07. The fourth-order valence-corrected chi connectivity index (χ4v) is 3.15. The molecule has 2 rings (SSSR count). The lowest BCUT2D eigenvalue weighted by Gasteiger charge is -2.10. The molecule has 0 aliphatic carbocycles. The fourth-order valence-electron chi connectivity index (χ4n) is 1.80. The Morgan fingerprint density at radius 2 is 2.11 bits per heavy atom. The van der Waals surface area contributed by atoms with Crippen LogP contribution in [0.1, 0.15) is 11.1 Å². The number of nitrogens with one attached hydrogen (secondary N) is 1. The molecule has 1 aromatic heterocycles. The summed E-state index contributed by atoms with van der Waals surface area (Å²) in [6.45, 7) is 4.50. The Morgan fingerprint density at radius 3 is 2.79 bits per heavy atom. The van der Waals surface area contributed by atoms with Crippen LogP contribution < -0.4 is 4.72 Å². The maximum atomic E-state index is 12.2. The van der Waals surface area contributed by atoms with Crippen molar-refractivity contribution in [3.8, 4) is 0 Å². The highest BCUT2D eigenvalue weighted by atomic mass is 32.2. The lowest BCUT2D eigenvalue weighted by molar-refractivity contribution is 0.560. The van der Waals surface area contributed by atoms with Gasteiger partial charge in [0.05, 0.1) is 11.4 Å². The van der Waals surface area contributed by atoms with E-state index in [9.17, 15) is 8.42 Å². The minimum atomic E-state index is -3.46. The third kappa shape index (κ3) is 3.42. The van der Waals surface area contributed by atoms with E-state index in [0.29, 0.717) is 18.0 Å². The van der Waals surface area contributed by atoms with Crippen molar-refractivity contribution in [2.75, 3.05) is 6.54 Å². The molecule has 0 atom stereocenters. The molecule has 102 valence electrons. The van der Waals surface area contributed by atoms with E-state index in [2.05, 4.69) is 9.82 Å². The molecule has 0 amide bonds. The molecule has 0 aliphatic heterocycles. The van der Waals surface area contributed by atoms with Crippen LogP contribution in [-0.2, 0) is 16.6 Å². The van der Waals surface area contributed by atoms with E-state index in [0.717, 1.165) is 11.1 Å². The van der Waals surface area contributed by atoms with Crippen LogP contribution in [-0.4, -0.2) is 24.7 Å². The zero-order valence-electron chi connectivity index (χ0n) is 11.0. The number of sulfonamides is 1. The van der Waals surface area contributed by atoms with Crippen molar-refractivity contribution in [3.05, 3.63) is 47.8 Å². The molecule has 5 nitrogen and oxygen atoms in total. The van der Waals surface area contributed by atoms with Crippen molar-refractivity contribution in [2.24, 2.45) is 0 Å². The van der Waals surface area contributed by atoms with Crippen molar-refractivity contribution in [1.82, 2.24) is 14.5 Å². The number of hydrogen-bond donors (Lipinski definition) is 1. The van der Waals surface area contributed by atoms with Crippen LogP contribution in [0.25, 0.3) is 0 Å². The molecular weight excluding hydrogens is 262 g/mol. The molecule has 1 N–H and O–H groups in total. The summed E-state index contributed by atoms with van der Waals surface area (Å²) in [5.41, 5.74) is 1.68. The summed E-state index contributed by atoms with van der Waals surface area (Å²) < 4.78 is 28.7. The lowest BCUT2D eigenvalue weighted by Crippen LogP contribution is -2.28. The molecule has 6 heteroatoms. The molecule has 0 spiro atoms. The number of aryl methyl sites for hydroxylation is 2. The van der Waals surface area contributed by atoms with Gasteiger partial charge in [0.1, 0.15) is 0 Å². The average molecular weight is 279 g/mol. The zero-order valence-corrected chi connectivity index (χ0v) is 11.8. The van der Waals surface area contributed by atoms with Gasteiger partial charge in [-0.2, -0.15) is 5.10 Å². The lowest BCUT2D eigenvalue weighted by atomic mass is 10.2. The second-order valence-electron chi connectivity index (χ2n) is 4.44. The summed E-state index contributed by atoms with van der Waals surface area (Å²) >= 11 is 0. The molecule has 0 bridgehead atoms. The van der Waals surface area contributed by atoms with Crippen molar-refractivity contribution in [3.63, 3.8) is 0 Å². The second kappa shape index (κ2) is 5.54. The van der Waals surface area contributed by atoms with Gasteiger partial charge in [0.15, 0.2) is 0 Å². The van der Waals surface area contributed by atoms with E-state index in [1.54, 1.807) is 36.1 Å². The smallest absolute Gasteiger partial charge is 0.240 e. The third-order valence-corrected chi connectivity index (χ3v) is 4.43. The maximum Gasteiger partial charge on any atom is 0.240 e. The van der Waals surface area contributed by atoms with Crippen molar-refractivity contribution in [2.45, 2.75) is 25.3 Å². The molecule has 1 heterocycles. The Kier molecular flexibility index (Phi) is 4.01. The highest BCUT2D eigenvalue weighted by Crippen LogP contribution is 2.16. The second-order valence-corrected chi connectivity index (χ2v) is 6.17. The van der Waals surface area contributed by atoms with Crippen LogP contribution in [0, 0.1) is 13.8 Å². The Labute approximate surface area is 113 Å². The molecule has 0 radical (unpaired) electrons. The Morgan fingerprint density at radius 1 is 1.32 bits per heavy atom. The summed E-state index contributed by atoms with van der Waals surface area (Å²) in [6, 6.07) is 7.21. The maximum absolute atomic E-state index is 12.2. The van der Waals surface area contributed by atoms with Gasteiger partial charge in [-0.05, 0) is 37.1 Å². The molecule has 1 aromatic carbocycles. The normalized spacial score (nSPS) is 11.7. The monoisotopic (exact) mass is 279 g/mol. The molecule has 0 fully saturated rings. The quantitative estimate of drug-likeness (QED) is 0.901. The standard InChI is InChI=1S/C13H17N3O2S/c1-11-4-5-12(2)13(10-11)19(17,18)15-7-9-16-8-3-6-14-16/h3-6,8,10,15H,7,9H2,1-2H3. The number of benzene rings is 1. The van der Waals surface area contributed by atoms with Gasteiger partial charge in [-0.3, -0.25) is 4.68 Å². The van der Waals surface area contributed by atoms with Gasteiger partial charge in [0, 0.05) is 18.9 Å². The van der Waals surface area contributed by atoms with Gasteiger partial charge >= 0.3 is 0 Å². The van der Waals surface area contributed by atoms with Crippen molar-refractivity contribution < 1.29 is 8.42 Å². The topological polar surface area (TPSA) is 64.0 Å². The molecular formula is C13H17N3O2S. The highest BCUT2D eigenvalue weighted by molar-refractivity contribution is 7.89. The fraction of sp³-hybridized carbons (Fsp3) is 0.308. The first-order chi connectivity index (χ1) is 8.99. The summed E-state index contributed by atoms with van der Waals surface area (Å²) in [6.07, 6.45) is 3.46. The number of aromatic nitrogens is 2. The molecule has 19 heavy (non-hydrogen) atoms. The average Bonchev–Trinajstić information content (AvgIpc) is 2.85. The molecule has 0 unspecified atom stereocenters.